The Morgan fingerprint density at radius 2 is 1.88 bits per heavy atom. The number of aromatic nitrogens is 2. The quantitative estimate of drug-likeness (QED) is 0.289. The van der Waals surface area contributed by atoms with Crippen molar-refractivity contribution in [2.75, 3.05) is 5.32 Å². The minimum absolute atomic E-state index is 0.000354. The van der Waals surface area contributed by atoms with Gasteiger partial charge in [-0.2, -0.15) is 18.3 Å². The number of carbonyl (C=O) groups is 1. The number of benzene rings is 2. The standard InChI is InChI=1S/C21H17Cl2F3N4O4/c1-10-6-13(22)4-5-17(10)34-16-8-14(7-15(9-16)30(32)33)27-20(31)12(3)29-11(2)18(23)19(28-29)21(24,25)26/h4-9,12H,1-3H3,(H,27,31). The Morgan fingerprint density at radius 1 is 1.21 bits per heavy atom. The van der Waals surface area contributed by atoms with E-state index in [1.54, 1.807) is 25.1 Å². The van der Waals surface area contributed by atoms with Gasteiger partial charge in [0.1, 0.15) is 17.5 Å². The maximum absolute atomic E-state index is 13.1. The van der Waals surface area contributed by atoms with Crippen molar-refractivity contribution in [2.24, 2.45) is 0 Å². The van der Waals surface area contributed by atoms with Crippen LogP contribution in [-0.4, -0.2) is 20.6 Å². The number of hydrogen-bond donors (Lipinski definition) is 1. The van der Waals surface area contributed by atoms with E-state index in [4.69, 9.17) is 27.9 Å². The topological polar surface area (TPSA) is 99.3 Å². The highest BCUT2D eigenvalue weighted by Gasteiger charge is 2.39. The van der Waals surface area contributed by atoms with Crippen molar-refractivity contribution in [3.8, 4) is 11.5 Å². The molecule has 0 bridgehead atoms. The molecule has 3 rings (SSSR count). The maximum Gasteiger partial charge on any atom is 0.436 e. The fourth-order valence-corrected chi connectivity index (χ4v) is 3.55. The zero-order valence-corrected chi connectivity index (χ0v) is 19.4. The van der Waals surface area contributed by atoms with Gasteiger partial charge in [0.15, 0.2) is 5.69 Å². The first-order valence-corrected chi connectivity index (χ1v) is 10.4. The fraction of sp³-hybridized carbons (Fsp3) is 0.238. The van der Waals surface area contributed by atoms with Crippen molar-refractivity contribution >= 4 is 40.5 Å². The molecule has 180 valence electrons. The van der Waals surface area contributed by atoms with Crippen LogP contribution in [0.2, 0.25) is 10.0 Å². The van der Waals surface area contributed by atoms with Crippen molar-refractivity contribution in [1.29, 1.82) is 0 Å². The van der Waals surface area contributed by atoms with Gasteiger partial charge in [-0.1, -0.05) is 23.2 Å². The average Bonchev–Trinajstić information content (AvgIpc) is 3.04. The van der Waals surface area contributed by atoms with Crippen LogP contribution in [0.25, 0.3) is 0 Å². The summed E-state index contributed by atoms with van der Waals surface area (Å²) in [6.45, 7) is 4.34. The molecule has 0 aliphatic rings. The molecule has 0 radical (unpaired) electrons. The second-order valence-corrected chi connectivity index (χ2v) is 8.15. The molecule has 1 N–H and O–H groups in total. The molecule has 8 nitrogen and oxygen atoms in total. The lowest BCUT2D eigenvalue weighted by molar-refractivity contribution is -0.384. The van der Waals surface area contributed by atoms with Gasteiger partial charge in [0.25, 0.3) is 5.69 Å². The highest BCUT2D eigenvalue weighted by molar-refractivity contribution is 6.32. The van der Waals surface area contributed by atoms with Gasteiger partial charge in [0.2, 0.25) is 5.91 Å². The molecular weight excluding hydrogens is 500 g/mol. The molecule has 0 aliphatic heterocycles. The van der Waals surface area contributed by atoms with E-state index in [1.807, 2.05) is 0 Å². The number of amides is 1. The van der Waals surface area contributed by atoms with Gasteiger partial charge in [-0.05, 0) is 44.5 Å². The largest absolute Gasteiger partial charge is 0.457 e. The molecule has 0 saturated carbocycles. The van der Waals surface area contributed by atoms with E-state index >= 15 is 0 Å². The highest BCUT2D eigenvalue weighted by Crippen LogP contribution is 2.37. The number of nitro groups is 1. The van der Waals surface area contributed by atoms with Crippen molar-refractivity contribution in [1.82, 2.24) is 9.78 Å². The molecular formula is C21H17Cl2F3N4O4. The number of carbonyl (C=O) groups excluding carboxylic acids is 1. The van der Waals surface area contributed by atoms with Crippen LogP contribution in [0.15, 0.2) is 36.4 Å². The lowest BCUT2D eigenvalue weighted by atomic mass is 10.2. The van der Waals surface area contributed by atoms with Gasteiger partial charge >= 0.3 is 6.18 Å². The Morgan fingerprint density at radius 3 is 2.44 bits per heavy atom. The summed E-state index contributed by atoms with van der Waals surface area (Å²) in [5.41, 5.74) is -1.07. The van der Waals surface area contributed by atoms with Crippen LogP contribution in [-0.2, 0) is 11.0 Å². The van der Waals surface area contributed by atoms with Crippen LogP contribution in [0.5, 0.6) is 11.5 Å². The highest BCUT2D eigenvalue weighted by atomic mass is 35.5. The third-order valence-electron chi connectivity index (χ3n) is 4.83. The Labute approximate surface area is 201 Å². The molecule has 2 aromatic carbocycles. The monoisotopic (exact) mass is 516 g/mol. The summed E-state index contributed by atoms with van der Waals surface area (Å²) < 4.78 is 45.9. The van der Waals surface area contributed by atoms with E-state index in [1.165, 1.54) is 26.0 Å². The van der Waals surface area contributed by atoms with Crippen molar-refractivity contribution in [2.45, 2.75) is 33.0 Å². The molecule has 1 atom stereocenters. The maximum atomic E-state index is 13.1. The summed E-state index contributed by atoms with van der Waals surface area (Å²) >= 11 is 11.7. The number of nitrogens with one attached hydrogen (secondary N) is 1. The van der Waals surface area contributed by atoms with Crippen molar-refractivity contribution < 1.29 is 27.6 Å². The van der Waals surface area contributed by atoms with Crippen LogP contribution < -0.4 is 10.1 Å². The summed E-state index contributed by atoms with van der Waals surface area (Å²) in [5.74, 6) is -0.331. The molecule has 0 spiro atoms. The van der Waals surface area contributed by atoms with E-state index < -0.39 is 33.8 Å². The zero-order valence-electron chi connectivity index (χ0n) is 17.9. The first-order chi connectivity index (χ1) is 15.8. The summed E-state index contributed by atoms with van der Waals surface area (Å²) in [6.07, 6.45) is -4.80. The SMILES string of the molecule is Cc1cc(Cl)ccc1Oc1cc(NC(=O)C(C)n2nc(C(F)(F)F)c(Cl)c2C)cc([N+](=O)[O-])c1. The minimum Gasteiger partial charge on any atom is -0.457 e. The van der Waals surface area contributed by atoms with E-state index in [2.05, 4.69) is 10.4 Å². The number of aryl methyl sites for hydroxylation is 1. The number of non-ortho nitro benzene ring substituents is 1. The third-order valence-corrected chi connectivity index (χ3v) is 5.51. The lowest BCUT2D eigenvalue weighted by Crippen LogP contribution is -2.25. The first kappa shape index (κ1) is 25.3. The van der Waals surface area contributed by atoms with Crippen LogP contribution in [0.4, 0.5) is 24.5 Å². The van der Waals surface area contributed by atoms with E-state index in [0.717, 1.165) is 10.7 Å². The number of hydrogen-bond acceptors (Lipinski definition) is 5. The van der Waals surface area contributed by atoms with E-state index in [9.17, 15) is 28.1 Å². The second kappa shape index (κ2) is 9.51. The second-order valence-electron chi connectivity index (χ2n) is 7.34. The number of anilines is 1. The molecule has 34 heavy (non-hydrogen) atoms. The smallest absolute Gasteiger partial charge is 0.436 e. The number of halogens is 5. The minimum atomic E-state index is -4.80. The summed E-state index contributed by atoms with van der Waals surface area (Å²) in [7, 11) is 0. The Balaban J connectivity index is 1.90. The fourth-order valence-electron chi connectivity index (χ4n) is 3.09. The van der Waals surface area contributed by atoms with Crippen molar-refractivity contribution in [3.63, 3.8) is 0 Å². The zero-order chi connectivity index (χ0) is 25.4. The molecule has 3 aromatic rings. The summed E-state index contributed by atoms with van der Waals surface area (Å²) in [6, 6.07) is 7.20. The molecule has 0 saturated heterocycles. The van der Waals surface area contributed by atoms with Gasteiger partial charge < -0.3 is 10.1 Å². The van der Waals surface area contributed by atoms with Crippen molar-refractivity contribution in [3.05, 3.63) is 73.5 Å². The predicted molar refractivity (Wildman–Crippen MR) is 120 cm³/mol. The van der Waals surface area contributed by atoms with Gasteiger partial charge in [0.05, 0.1) is 27.4 Å². The Bertz CT molecular complexity index is 1280. The molecule has 13 heteroatoms. The number of ether oxygens (including phenoxy) is 1. The van der Waals surface area contributed by atoms with Gasteiger partial charge in [-0.25, -0.2) is 0 Å². The first-order valence-electron chi connectivity index (χ1n) is 9.64. The third kappa shape index (κ3) is 5.42. The Kier molecular flexibility index (Phi) is 7.08. The van der Waals surface area contributed by atoms with Gasteiger partial charge in [-0.3, -0.25) is 19.6 Å². The molecule has 1 aromatic heterocycles. The summed E-state index contributed by atoms with van der Waals surface area (Å²) in [4.78, 5) is 23.5. The molecule has 1 heterocycles. The van der Waals surface area contributed by atoms with Crippen LogP contribution in [0.1, 0.15) is 29.9 Å². The average molecular weight is 517 g/mol. The molecule has 0 aliphatic carbocycles. The van der Waals surface area contributed by atoms with E-state index in [-0.39, 0.29) is 22.8 Å². The normalized spacial score (nSPS) is 12.4. The van der Waals surface area contributed by atoms with Gasteiger partial charge in [0, 0.05) is 17.2 Å². The number of nitro benzene ring substituents is 1. The molecule has 1 unspecified atom stereocenters. The predicted octanol–water partition coefficient (Wildman–Crippen LogP) is 6.73. The number of nitrogens with zero attached hydrogens (tertiary/aromatic N) is 3. The van der Waals surface area contributed by atoms with Crippen LogP contribution in [0.3, 0.4) is 0 Å². The number of alkyl halides is 3. The van der Waals surface area contributed by atoms with Crippen LogP contribution >= 0.6 is 23.2 Å². The summed E-state index contributed by atoms with van der Waals surface area (Å²) in [5, 5.41) is 17.1. The van der Waals surface area contributed by atoms with Crippen LogP contribution in [0, 0.1) is 24.0 Å². The Hall–Kier alpha value is -3.31. The lowest BCUT2D eigenvalue weighted by Gasteiger charge is -2.15. The molecule has 0 fully saturated rings. The molecule has 1 amide bonds. The van der Waals surface area contributed by atoms with Gasteiger partial charge in [-0.15, -0.1) is 0 Å². The number of rotatable bonds is 6. The van der Waals surface area contributed by atoms with E-state index in [0.29, 0.717) is 16.3 Å².